The summed E-state index contributed by atoms with van der Waals surface area (Å²) in [4.78, 5) is 13.0. The number of sulfonamides is 1. The van der Waals surface area contributed by atoms with Crippen LogP contribution in [0.4, 0.5) is 5.69 Å². The second kappa shape index (κ2) is 8.87. The number of carbonyl (C=O) groups is 1. The minimum atomic E-state index is -3.71. The topological polar surface area (TPSA) is 105 Å². The van der Waals surface area contributed by atoms with E-state index in [-0.39, 0.29) is 41.0 Å². The lowest BCUT2D eigenvalue weighted by Gasteiger charge is -2.31. The van der Waals surface area contributed by atoms with Crippen molar-refractivity contribution in [3.8, 4) is 17.2 Å². The highest BCUT2D eigenvalue weighted by atomic mass is 32.2. The molecule has 0 spiro atoms. The molecular formula is C24H30N2O6S. The van der Waals surface area contributed by atoms with E-state index in [4.69, 9.17) is 9.47 Å². The highest BCUT2D eigenvalue weighted by molar-refractivity contribution is 7.89. The van der Waals surface area contributed by atoms with Crippen LogP contribution in [0.25, 0.3) is 0 Å². The summed E-state index contributed by atoms with van der Waals surface area (Å²) < 4.78 is 38.6. The van der Waals surface area contributed by atoms with Gasteiger partial charge in [-0.1, -0.05) is 26.8 Å². The van der Waals surface area contributed by atoms with Crippen molar-refractivity contribution in [1.82, 2.24) is 4.31 Å². The average Bonchev–Trinajstić information content (AvgIpc) is 2.79. The van der Waals surface area contributed by atoms with Crippen LogP contribution in [0.1, 0.15) is 39.2 Å². The van der Waals surface area contributed by atoms with Gasteiger partial charge in [0.2, 0.25) is 15.9 Å². The molecule has 1 amide bonds. The smallest absolute Gasteiger partial charge is 0.243 e. The molecule has 178 valence electrons. The van der Waals surface area contributed by atoms with Gasteiger partial charge >= 0.3 is 0 Å². The van der Waals surface area contributed by atoms with Crippen LogP contribution in [0.3, 0.4) is 0 Å². The summed E-state index contributed by atoms with van der Waals surface area (Å²) in [6, 6.07) is 9.83. The number of rotatable bonds is 4. The van der Waals surface area contributed by atoms with E-state index in [0.29, 0.717) is 43.2 Å². The number of phenolic OH excluding ortho intramolecular Hbond substituents is 1. The number of hydrogen-bond donors (Lipinski definition) is 2. The Labute approximate surface area is 194 Å². The normalized spacial score (nSPS) is 17.5. The van der Waals surface area contributed by atoms with Gasteiger partial charge in [-0.25, -0.2) is 8.42 Å². The lowest BCUT2D eigenvalue weighted by Crippen LogP contribution is -2.41. The molecule has 9 heteroatoms. The minimum absolute atomic E-state index is 0.00923. The quantitative estimate of drug-likeness (QED) is 0.657. The zero-order valence-corrected chi connectivity index (χ0v) is 19.9. The third kappa shape index (κ3) is 4.94. The van der Waals surface area contributed by atoms with Crippen LogP contribution in [0.2, 0.25) is 0 Å². The van der Waals surface area contributed by atoms with E-state index in [2.05, 4.69) is 26.1 Å². The molecule has 2 aromatic carbocycles. The van der Waals surface area contributed by atoms with Gasteiger partial charge in [0.25, 0.3) is 0 Å². The van der Waals surface area contributed by atoms with E-state index in [1.807, 2.05) is 6.07 Å². The number of aromatic hydroxyl groups is 1. The van der Waals surface area contributed by atoms with Crippen LogP contribution >= 0.6 is 0 Å². The number of nitrogens with zero attached hydrogens (tertiary/aromatic N) is 1. The second-order valence-electron chi connectivity index (χ2n) is 9.46. The summed E-state index contributed by atoms with van der Waals surface area (Å²) in [7, 11) is -3.71. The lowest BCUT2D eigenvalue weighted by atomic mass is 9.86. The molecule has 1 saturated heterocycles. The molecule has 0 atom stereocenters. The fourth-order valence-corrected chi connectivity index (χ4v) is 5.51. The predicted molar refractivity (Wildman–Crippen MR) is 124 cm³/mol. The first kappa shape index (κ1) is 23.4. The van der Waals surface area contributed by atoms with Crippen molar-refractivity contribution in [3.05, 3.63) is 42.0 Å². The monoisotopic (exact) mass is 474 g/mol. The van der Waals surface area contributed by atoms with E-state index in [9.17, 15) is 18.3 Å². The van der Waals surface area contributed by atoms with Gasteiger partial charge in [-0.15, -0.1) is 0 Å². The average molecular weight is 475 g/mol. The summed E-state index contributed by atoms with van der Waals surface area (Å²) in [5.74, 6) is 0.417. The van der Waals surface area contributed by atoms with Crippen molar-refractivity contribution in [1.29, 1.82) is 0 Å². The SMILES string of the molecule is CC(C)(C)c1ccc(O)c(NC(=O)C2CCN(S(=O)(=O)c3ccc4c(c3)OCCO4)CC2)c1. The molecule has 0 radical (unpaired) electrons. The van der Waals surface area contributed by atoms with Gasteiger partial charge in [-0.3, -0.25) is 4.79 Å². The Kier molecular flexibility index (Phi) is 6.28. The number of amides is 1. The zero-order chi connectivity index (χ0) is 23.8. The van der Waals surface area contributed by atoms with Gasteiger partial charge in [-0.2, -0.15) is 4.31 Å². The third-order valence-corrected chi connectivity index (χ3v) is 7.99. The van der Waals surface area contributed by atoms with Crippen molar-refractivity contribution >= 4 is 21.6 Å². The van der Waals surface area contributed by atoms with Crippen LogP contribution in [-0.4, -0.2) is 50.0 Å². The molecule has 0 aromatic heterocycles. The van der Waals surface area contributed by atoms with Gasteiger partial charge in [-0.05, 0) is 48.1 Å². The Morgan fingerprint density at radius 1 is 1.03 bits per heavy atom. The third-order valence-electron chi connectivity index (χ3n) is 6.10. The number of carbonyl (C=O) groups excluding carboxylic acids is 1. The second-order valence-corrected chi connectivity index (χ2v) is 11.4. The Balaban J connectivity index is 1.41. The number of nitrogens with one attached hydrogen (secondary N) is 1. The number of hydrogen-bond acceptors (Lipinski definition) is 6. The van der Waals surface area contributed by atoms with Crippen molar-refractivity contribution in [3.63, 3.8) is 0 Å². The molecule has 2 N–H and O–H groups in total. The van der Waals surface area contributed by atoms with E-state index in [1.54, 1.807) is 18.2 Å². The molecule has 0 unspecified atom stereocenters. The van der Waals surface area contributed by atoms with Gasteiger partial charge < -0.3 is 19.9 Å². The van der Waals surface area contributed by atoms with E-state index in [1.165, 1.54) is 16.4 Å². The van der Waals surface area contributed by atoms with Gasteiger partial charge in [0.15, 0.2) is 11.5 Å². The number of phenols is 1. The Bertz CT molecular complexity index is 1150. The first-order valence-electron chi connectivity index (χ1n) is 11.1. The van der Waals surface area contributed by atoms with E-state index >= 15 is 0 Å². The Morgan fingerprint density at radius 2 is 1.70 bits per heavy atom. The number of anilines is 1. The molecule has 1 fully saturated rings. The number of fused-ring (bicyclic) bond motifs is 1. The first-order valence-corrected chi connectivity index (χ1v) is 12.5. The maximum atomic E-state index is 13.1. The van der Waals surface area contributed by atoms with Gasteiger partial charge in [0.05, 0.1) is 10.6 Å². The van der Waals surface area contributed by atoms with Crippen LogP contribution in [0.15, 0.2) is 41.3 Å². The van der Waals surface area contributed by atoms with E-state index in [0.717, 1.165) is 5.56 Å². The van der Waals surface area contributed by atoms with Gasteiger partial charge in [0.1, 0.15) is 19.0 Å². The van der Waals surface area contributed by atoms with Crippen LogP contribution in [-0.2, 0) is 20.2 Å². The van der Waals surface area contributed by atoms with Crippen molar-refractivity contribution in [2.24, 2.45) is 5.92 Å². The summed E-state index contributed by atoms with van der Waals surface area (Å²) in [6.07, 6.45) is 0.796. The Hall–Kier alpha value is -2.78. The zero-order valence-electron chi connectivity index (χ0n) is 19.1. The van der Waals surface area contributed by atoms with E-state index < -0.39 is 10.0 Å². The van der Waals surface area contributed by atoms with Crippen molar-refractivity contribution in [2.45, 2.75) is 43.9 Å². The summed E-state index contributed by atoms with van der Waals surface area (Å²) in [5.41, 5.74) is 1.25. The molecule has 0 bridgehead atoms. The van der Waals surface area contributed by atoms with Crippen LogP contribution in [0, 0.1) is 5.92 Å². The summed E-state index contributed by atoms with van der Waals surface area (Å²) >= 11 is 0. The first-order chi connectivity index (χ1) is 15.6. The predicted octanol–water partition coefficient (Wildman–Crippen LogP) is 3.50. The van der Waals surface area contributed by atoms with Crippen molar-refractivity contribution < 1.29 is 27.8 Å². The standard InChI is InChI=1S/C24H30N2O6S/c1-24(2,3)17-4-6-20(27)19(14-17)25-23(28)16-8-10-26(11-9-16)33(29,30)18-5-7-21-22(15-18)32-13-12-31-21/h4-7,14-16,27H,8-13H2,1-3H3,(H,25,28). The number of piperidine rings is 1. The molecule has 2 heterocycles. The maximum Gasteiger partial charge on any atom is 0.243 e. The molecular weight excluding hydrogens is 444 g/mol. The summed E-state index contributed by atoms with van der Waals surface area (Å²) in [5, 5.41) is 13.0. The molecule has 33 heavy (non-hydrogen) atoms. The fourth-order valence-electron chi connectivity index (χ4n) is 4.03. The van der Waals surface area contributed by atoms with Crippen LogP contribution < -0.4 is 14.8 Å². The fraction of sp³-hybridized carbons (Fsp3) is 0.458. The van der Waals surface area contributed by atoms with Gasteiger partial charge in [0, 0.05) is 25.1 Å². The molecule has 0 aliphatic carbocycles. The molecule has 4 rings (SSSR count). The largest absolute Gasteiger partial charge is 0.506 e. The minimum Gasteiger partial charge on any atom is -0.506 e. The molecule has 2 aliphatic rings. The lowest BCUT2D eigenvalue weighted by molar-refractivity contribution is -0.120. The molecule has 0 saturated carbocycles. The summed E-state index contributed by atoms with van der Waals surface area (Å²) in [6.45, 7) is 7.47. The highest BCUT2D eigenvalue weighted by Gasteiger charge is 2.33. The van der Waals surface area contributed by atoms with Crippen LogP contribution in [0.5, 0.6) is 17.2 Å². The maximum absolute atomic E-state index is 13.1. The molecule has 8 nitrogen and oxygen atoms in total. The number of benzene rings is 2. The molecule has 2 aromatic rings. The number of ether oxygens (including phenoxy) is 2. The highest BCUT2D eigenvalue weighted by Crippen LogP contribution is 2.35. The molecule has 2 aliphatic heterocycles. The Morgan fingerprint density at radius 3 is 2.36 bits per heavy atom. The van der Waals surface area contributed by atoms with Crippen molar-refractivity contribution in [2.75, 3.05) is 31.6 Å².